The number of amides is 1. The van der Waals surface area contributed by atoms with E-state index in [-0.39, 0.29) is 18.6 Å². The molecule has 1 aromatic carbocycles. The number of nitrogens with zero attached hydrogens (tertiary/aromatic N) is 4. The molecule has 6 heteroatoms. The fourth-order valence-electron chi connectivity index (χ4n) is 3.44. The number of benzene rings is 1. The SMILES string of the molecule is O=C1COC(c2ccccn2)=NN1C1CCN(Cc2ccccc2)CC1. The summed E-state index contributed by atoms with van der Waals surface area (Å²) in [5.74, 6) is 0.350. The van der Waals surface area contributed by atoms with Gasteiger partial charge in [-0.25, -0.2) is 5.01 Å². The van der Waals surface area contributed by atoms with Crippen molar-refractivity contribution in [3.05, 3.63) is 66.0 Å². The Morgan fingerprint density at radius 2 is 1.81 bits per heavy atom. The second kappa shape index (κ2) is 7.66. The lowest BCUT2D eigenvalue weighted by atomic mass is 10.0. The van der Waals surface area contributed by atoms with Crippen molar-refractivity contribution in [3.8, 4) is 0 Å². The normalized spacial score (nSPS) is 19.2. The Morgan fingerprint density at radius 1 is 1.04 bits per heavy atom. The summed E-state index contributed by atoms with van der Waals surface area (Å²) < 4.78 is 5.48. The Labute approximate surface area is 153 Å². The molecule has 4 rings (SSSR count). The van der Waals surface area contributed by atoms with Crippen LogP contribution in [-0.4, -0.2) is 52.4 Å². The highest BCUT2D eigenvalue weighted by molar-refractivity contribution is 5.96. The van der Waals surface area contributed by atoms with Crippen LogP contribution in [0.2, 0.25) is 0 Å². The minimum absolute atomic E-state index is 0.0274. The van der Waals surface area contributed by atoms with E-state index in [9.17, 15) is 4.79 Å². The molecule has 0 spiro atoms. The summed E-state index contributed by atoms with van der Waals surface area (Å²) in [5.41, 5.74) is 1.98. The second-order valence-corrected chi connectivity index (χ2v) is 6.64. The lowest BCUT2D eigenvalue weighted by molar-refractivity contribution is -0.139. The van der Waals surface area contributed by atoms with E-state index in [1.807, 2.05) is 24.3 Å². The molecule has 0 bridgehead atoms. The standard InChI is InChI=1S/C20H22N4O2/c25-19-15-26-20(18-8-4-5-11-21-18)22-24(19)17-9-12-23(13-10-17)14-16-6-2-1-3-7-16/h1-8,11,17H,9-10,12-15H2. The third kappa shape index (κ3) is 3.75. The van der Waals surface area contributed by atoms with Crippen LogP contribution < -0.4 is 0 Å². The van der Waals surface area contributed by atoms with Gasteiger partial charge in [0.15, 0.2) is 6.61 Å². The molecular weight excluding hydrogens is 328 g/mol. The van der Waals surface area contributed by atoms with Crippen LogP contribution in [0.1, 0.15) is 24.1 Å². The quantitative estimate of drug-likeness (QED) is 0.849. The minimum Gasteiger partial charge on any atom is -0.465 e. The van der Waals surface area contributed by atoms with Crippen LogP contribution in [0.4, 0.5) is 0 Å². The number of hydrazone groups is 1. The molecule has 0 unspecified atom stereocenters. The van der Waals surface area contributed by atoms with Crippen LogP contribution in [0, 0.1) is 0 Å². The maximum Gasteiger partial charge on any atom is 0.281 e. The molecule has 0 N–H and O–H groups in total. The van der Waals surface area contributed by atoms with E-state index in [0.717, 1.165) is 32.5 Å². The van der Waals surface area contributed by atoms with Gasteiger partial charge >= 0.3 is 0 Å². The maximum atomic E-state index is 12.3. The second-order valence-electron chi connectivity index (χ2n) is 6.64. The maximum absolute atomic E-state index is 12.3. The fourth-order valence-corrected chi connectivity index (χ4v) is 3.44. The van der Waals surface area contributed by atoms with Gasteiger partial charge in [0.1, 0.15) is 5.69 Å². The van der Waals surface area contributed by atoms with Gasteiger partial charge in [-0.1, -0.05) is 36.4 Å². The number of likely N-dealkylation sites (tertiary alicyclic amines) is 1. The monoisotopic (exact) mass is 350 g/mol. The Kier molecular flexibility index (Phi) is 4.93. The number of aromatic nitrogens is 1. The Balaban J connectivity index is 1.40. The van der Waals surface area contributed by atoms with Gasteiger partial charge in [0.2, 0.25) is 0 Å². The number of ether oxygens (including phenoxy) is 1. The molecule has 6 nitrogen and oxygen atoms in total. The third-order valence-electron chi connectivity index (χ3n) is 4.82. The molecule has 26 heavy (non-hydrogen) atoms. The van der Waals surface area contributed by atoms with Crippen LogP contribution in [0.3, 0.4) is 0 Å². The highest BCUT2D eigenvalue weighted by atomic mass is 16.5. The predicted octanol–water partition coefficient (Wildman–Crippen LogP) is 2.27. The van der Waals surface area contributed by atoms with Crippen molar-refractivity contribution in [2.24, 2.45) is 5.10 Å². The number of hydrogen-bond acceptors (Lipinski definition) is 5. The average molecular weight is 350 g/mol. The Morgan fingerprint density at radius 3 is 2.54 bits per heavy atom. The third-order valence-corrected chi connectivity index (χ3v) is 4.82. The molecule has 2 aliphatic rings. The number of carbonyl (C=O) groups excluding carboxylic acids is 1. The van der Waals surface area contributed by atoms with Crippen molar-refractivity contribution < 1.29 is 9.53 Å². The molecule has 0 saturated carbocycles. The van der Waals surface area contributed by atoms with E-state index in [4.69, 9.17) is 4.74 Å². The molecule has 2 aromatic rings. The van der Waals surface area contributed by atoms with Crippen molar-refractivity contribution in [2.45, 2.75) is 25.4 Å². The zero-order valence-electron chi connectivity index (χ0n) is 14.6. The summed E-state index contributed by atoms with van der Waals surface area (Å²) in [5, 5.41) is 6.08. The van der Waals surface area contributed by atoms with E-state index in [1.165, 1.54) is 5.56 Å². The van der Waals surface area contributed by atoms with E-state index < -0.39 is 0 Å². The molecule has 0 aliphatic carbocycles. The predicted molar refractivity (Wildman–Crippen MR) is 98.3 cm³/mol. The molecule has 1 saturated heterocycles. The van der Waals surface area contributed by atoms with Gasteiger partial charge in [-0.05, 0) is 30.5 Å². The summed E-state index contributed by atoms with van der Waals surface area (Å²) in [6.45, 7) is 2.89. The van der Waals surface area contributed by atoms with Crippen molar-refractivity contribution in [2.75, 3.05) is 19.7 Å². The molecule has 1 amide bonds. The molecular formula is C20H22N4O2. The van der Waals surface area contributed by atoms with Crippen LogP contribution in [0.15, 0.2) is 59.8 Å². The number of pyridine rings is 1. The van der Waals surface area contributed by atoms with E-state index in [1.54, 1.807) is 11.2 Å². The lowest BCUT2D eigenvalue weighted by Crippen LogP contribution is -2.48. The van der Waals surface area contributed by atoms with Gasteiger partial charge in [0, 0.05) is 25.8 Å². The van der Waals surface area contributed by atoms with Crippen LogP contribution >= 0.6 is 0 Å². The smallest absolute Gasteiger partial charge is 0.281 e. The van der Waals surface area contributed by atoms with E-state index >= 15 is 0 Å². The number of carbonyl (C=O) groups is 1. The fraction of sp³-hybridized carbons (Fsp3) is 0.350. The first kappa shape index (κ1) is 16.7. The van der Waals surface area contributed by atoms with Gasteiger partial charge in [-0.2, -0.15) is 0 Å². The van der Waals surface area contributed by atoms with E-state index in [2.05, 4.69) is 39.3 Å². The molecule has 1 aromatic heterocycles. The van der Waals surface area contributed by atoms with Crippen LogP contribution in [-0.2, 0) is 16.1 Å². The zero-order valence-corrected chi connectivity index (χ0v) is 14.6. The molecule has 2 aliphatic heterocycles. The van der Waals surface area contributed by atoms with Gasteiger partial charge in [-0.15, -0.1) is 5.10 Å². The van der Waals surface area contributed by atoms with Crippen molar-refractivity contribution >= 4 is 11.8 Å². The first-order valence-corrected chi connectivity index (χ1v) is 9.01. The summed E-state index contributed by atoms with van der Waals surface area (Å²) in [6, 6.07) is 16.2. The molecule has 0 atom stereocenters. The molecule has 1 fully saturated rings. The number of rotatable bonds is 4. The Bertz CT molecular complexity index is 771. The van der Waals surface area contributed by atoms with Crippen molar-refractivity contribution in [1.29, 1.82) is 0 Å². The zero-order chi connectivity index (χ0) is 17.8. The van der Waals surface area contributed by atoms with Crippen LogP contribution in [0.25, 0.3) is 0 Å². The topological polar surface area (TPSA) is 58.0 Å². The summed E-state index contributed by atoms with van der Waals surface area (Å²) >= 11 is 0. The first-order chi connectivity index (χ1) is 12.8. The first-order valence-electron chi connectivity index (χ1n) is 9.01. The lowest BCUT2D eigenvalue weighted by Gasteiger charge is -2.37. The highest BCUT2D eigenvalue weighted by Crippen LogP contribution is 2.21. The summed E-state index contributed by atoms with van der Waals surface area (Å²) in [7, 11) is 0. The number of hydrogen-bond donors (Lipinski definition) is 0. The number of piperidine rings is 1. The summed E-state index contributed by atoms with van der Waals surface area (Å²) in [6.07, 6.45) is 3.53. The van der Waals surface area contributed by atoms with Gasteiger partial charge in [0.25, 0.3) is 11.8 Å². The van der Waals surface area contributed by atoms with E-state index in [0.29, 0.717) is 11.6 Å². The highest BCUT2D eigenvalue weighted by Gasteiger charge is 2.32. The van der Waals surface area contributed by atoms with Gasteiger partial charge in [0.05, 0.1) is 6.04 Å². The van der Waals surface area contributed by atoms with Crippen molar-refractivity contribution in [3.63, 3.8) is 0 Å². The minimum atomic E-state index is -0.0776. The molecule has 3 heterocycles. The largest absolute Gasteiger partial charge is 0.465 e. The summed E-state index contributed by atoms with van der Waals surface area (Å²) in [4.78, 5) is 19.0. The van der Waals surface area contributed by atoms with Crippen LogP contribution in [0.5, 0.6) is 0 Å². The van der Waals surface area contributed by atoms with Crippen molar-refractivity contribution in [1.82, 2.24) is 14.9 Å². The molecule has 0 radical (unpaired) electrons. The van der Waals surface area contributed by atoms with Gasteiger partial charge < -0.3 is 4.74 Å². The van der Waals surface area contributed by atoms with Gasteiger partial charge in [-0.3, -0.25) is 14.7 Å². The average Bonchev–Trinajstić information content (AvgIpc) is 2.71. The Hall–Kier alpha value is -2.73. The molecule has 134 valence electrons.